The van der Waals surface area contributed by atoms with Gasteiger partial charge < -0.3 is 4.74 Å². The van der Waals surface area contributed by atoms with E-state index in [1.807, 2.05) is 0 Å². The van der Waals surface area contributed by atoms with Crippen LogP contribution in [0, 0.1) is 10.1 Å². The van der Waals surface area contributed by atoms with E-state index in [1.165, 1.54) is 24.3 Å². The van der Waals surface area contributed by atoms with Gasteiger partial charge in [-0.3, -0.25) is 14.9 Å². The Labute approximate surface area is 154 Å². The predicted molar refractivity (Wildman–Crippen MR) is 98.0 cm³/mol. The summed E-state index contributed by atoms with van der Waals surface area (Å²) in [7, 11) is -4.01. The number of rotatable bonds is 6. The summed E-state index contributed by atoms with van der Waals surface area (Å²) < 4.78 is 32.1. The van der Waals surface area contributed by atoms with Crippen LogP contribution < -0.4 is 0 Å². The van der Waals surface area contributed by atoms with Crippen LogP contribution in [0.25, 0.3) is 0 Å². The van der Waals surface area contributed by atoms with E-state index in [2.05, 4.69) is 0 Å². The number of hydrogen-bond donors (Lipinski definition) is 0. The number of carbonyl (C=O) groups excluding carboxylic acids is 1. The van der Waals surface area contributed by atoms with Crippen LogP contribution in [0.5, 0.6) is 0 Å². The molecule has 0 radical (unpaired) electrons. The smallest absolute Gasteiger partial charge is 0.321 e. The Morgan fingerprint density at radius 1 is 1.15 bits per heavy atom. The van der Waals surface area contributed by atoms with Crippen LogP contribution in [0.15, 0.2) is 24.3 Å². The van der Waals surface area contributed by atoms with Crippen molar-refractivity contribution in [1.29, 1.82) is 0 Å². The zero-order valence-electron chi connectivity index (χ0n) is 16.0. The fourth-order valence-corrected chi connectivity index (χ4v) is 4.26. The molecule has 0 saturated carbocycles. The van der Waals surface area contributed by atoms with Crippen LogP contribution in [0.3, 0.4) is 0 Å². The van der Waals surface area contributed by atoms with E-state index in [1.54, 1.807) is 41.5 Å². The van der Waals surface area contributed by atoms with Crippen molar-refractivity contribution in [1.82, 2.24) is 4.31 Å². The van der Waals surface area contributed by atoms with Gasteiger partial charge in [-0.2, -0.15) is 4.31 Å². The third-order valence-electron chi connectivity index (χ3n) is 3.30. The summed E-state index contributed by atoms with van der Waals surface area (Å²) in [6, 6.07) is 5.65. The lowest BCUT2D eigenvalue weighted by Crippen LogP contribution is -2.49. The van der Waals surface area contributed by atoms with Crippen LogP contribution in [0.2, 0.25) is 0 Å². The van der Waals surface area contributed by atoms with E-state index >= 15 is 0 Å². The fraction of sp³-hybridized carbons (Fsp3) is 0.588. The molecule has 0 heterocycles. The number of esters is 1. The predicted octanol–water partition coefficient (Wildman–Crippen LogP) is 2.87. The number of carbonyl (C=O) groups is 1. The lowest BCUT2D eigenvalue weighted by atomic mass is 10.1. The minimum absolute atomic E-state index is 0.0657. The first-order chi connectivity index (χ1) is 11.6. The Morgan fingerprint density at radius 2 is 1.69 bits per heavy atom. The number of para-hydroxylation sites is 1. The second-order valence-electron chi connectivity index (χ2n) is 7.91. The molecule has 1 aromatic carbocycles. The fourth-order valence-electron chi connectivity index (χ4n) is 2.33. The van der Waals surface area contributed by atoms with Crippen LogP contribution in [-0.4, -0.2) is 41.3 Å². The summed E-state index contributed by atoms with van der Waals surface area (Å²) in [5.41, 5.74) is -1.86. The van der Waals surface area contributed by atoms with Crippen molar-refractivity contribution < 1.29 is 22.9 Å². The molecule has 0 atom stereocenters. The number of nitro benzene ring substituents is 1. The van der Waals surface area contributed by atoms with Crippen molar-refractivity contribution in [2.75, 3.05) is 6.54 Å². The number of benzene rings is 1. The van der Waals surface area contributed by atoms with E-state index in [0.717, 1.165) is 4.31 Å². The zero-order valence-corrected chi connectivity index (χ0v) is 16.8. The van der Waals surface area contributed by atoms with Crippen LogP contribution >= 0.6 is 0 Å². The van der Waals surface area contributed by atoms with Gasteiger partial charge in [-0.1, -0.05) is 18.2 Å². The van der Waals surface area contributed by atoms with Crippen LogP contribution in [-0.2, 0) is 25.3 Å². The molecule has 0 saturated heterocycles. The highest BCUT2D eigenvalue weighted by atomic mass is 32.2. The van der Waals surface area contributed by atoms with Gasteiger partial charge in [-0.05, 0) is 41.5 Å². The molecule has 0 aromatic heterocycles. The summed E-state index contributed by atoms with van der Waals surface area (Å²) in [6.45, 7) is 9.54. The normalized spacial score (nSPS) is 12.9. The topological polar surface area (TPSA) is 107 Å². The monoisotopic (exact) mass is 386 g/mol. The molecule has 1 rings (SSSR count). The maximum Gasteiger partial charge on any atom is 0.321 e. The first-order valence-electron chi connectivity index (χ1n) is 8.08. The third kappa shape index (κ3) is 6.38. The van der Waals surface area contributed by atoms with Crippen molar-refractivity contribution in [2.24, 2.45) is 0 Å². The Bertz CT molecular complexity index is 775. The van der Waals surface area contributed by atoms with Crippen LogP contribution in [0.4, 0.5) is 5.69 Å². The van der Waals surface area contributed by atoms with Crippen molar-refractivity contribution in [3.8, 4) is 0 Å². The highest BCUT2D eigenvalue weighted by Gasteiger charge is 2.36. The van der Waals surface area contributed by atoms with Crippen molar-refractivity contribution >= 4 is 21.7 Å². The third-order valence-corrected chi connectivity index (χ3v) is 5.33. The second-order valence-corrected chi connectivity index (χ2v) is 9.80. The molecular weight excluding hydrogens is 360 g/mol. The highest BCUT2D eigenvalue weighted by molar-refractivity contribution is 7.88. The van der Waals surface area contributed by atoms with Crippen molar-refractivity contribution in [2.45, 2.75) is 58.4 Å². The molecule has 1 aromatic rings. The molecule has 0 fully saturated rings. The molecular formula is C17H26N2O6S. The van der Waals surface area contributed by atoms with Gasteiger partial charge in [0, 0.05) is 17.2 Å². The largest absolute Gasteiger partial charge is 0.459 e. The number of nitro groups is 1. The van der Waals surface area contributed by atoms with E-state index in [0.29, 0.717) is 0 Å². The Balaban J connectivity index is 3.18. The van der Waals surface area contributed by atoms with Gasteiger partial charge >= 0.3 is 5.97 Å². The van der Waals surface area contributed by atoms with Gasteiger partial charge in [-0.25, -0.2) is 8.42 Å². The van der Waals surface area contributed by atoms with Gasteiger partial charge in [-0.15, -0.1) is 0 Å². The quantitative estimate of drug-likeness (QED) is 0.423. The van der Waals surface area contributed by atoms with Gasteiger partial charge in [0.2, 0.25) is 10.0 Å². The number of nitrogens with zero attached hydrogens (tertiary/aromatic N) is 2. The van der Waals surface area contributed by atoms with Gasteiger partial charge in [0.05, 0.1) is 10.7 Å². The van der Waals surface area contributed by atoms with Gasteiger partial charge in [0.25, 0.3) is 5.69 Å². The minimum Gasteiger partial charge on any atom is -0.459 e. The van der Waals surface area contributed by atoms with Crippen LogP contribution in [0.1, 0.15) is 47.1 Å². The van der Waals surface area contributed by atoms with Gasteiger partial charge in [0.15, 0.2) is 0 Å². The summed E-state index contributed by atoms with van der Waals surface area (Å²) in [5, 5.41) is 11.1. The molecule has 0 aliphatic rings. The first kappa shape index (κ1) is 22.0. The minimum atomic E-state index is -4.01. The second kappa shape index (κ2) is 7.71. The lowest BCUT2D eigenvalue weighted by molar-refractivity contribution is -0.385. The van der Waals surface area contributed by atoms with Gasteiger partial charge in [0.1, 0.15) is 12.1 Å². The van der Waals surface area contributed by atoms with E-state index in [4.69, 9.17) is 4.74 Å². The van der Waals surface area contributed by atoms with Crippen molar-refractivity contribution in [3.05, 3.63) is 39.9 Å². The number of ether oxygens (including phenoxy) is 1. The molecule has 9 heteroatoms. The number of sulfonamides is 1. The molecule has 0 unspecified atom stereocenters. The van der Waals surface area contributed by atoms with Crippen molar-refractivity contribution in [3.63, 3.8) is 0 Å². The zero-order chi connectivity index (χ0) is 20.3. The first-order valence-corrected chi connectivity index (χ1v) is 9.69. The molecule has 0 N–H and O–H groups in total. The van der Waals surface area contributed by atoms with E-state index < -0.39 is 44.4 Å². The standard InChI is InChI=1S/C17H26N2O6S/c1-16(2,3)18(11-15(20)25-17(4,5)6)26(23,24)12-13-9-7-8-10-14(13)19(21)22/h7-10H,11-12H2,1-6H3. The molecule has 0 aliphatic heterocycles. The molecule has 8 nitrogen and oxygen atoms in total. The molecule has 26 heavy (non-hydrogen) atoms. The summed E-state index contributed by atoms with van der Waals surface area (Å²) in [5.74, 6) is -1.26. The Hall–Kier alpha value is -2.00. The average Bonchev–Trinajstić information content (AvgIpc) is 2.41. The maximum atomic E-state index is 12.9. The SMILES string of the molecule is CC(C)(C)OC(=O)CN(C(C)(C)C)S(=O)(=O)Cc1ccccc1[N+](=O)[O-]. The average molecular weight is 386 g/mol. The summed E-state index contributed by atoms with van der Waals surface area (Å²) in [6.07, 6.45) is 0. The molecule has 0 amide bonds. The maximum absolute atomic E-state index is 12.9. The Kier molecular flexibility index (Phi) is 6.54. The Morgan fingerprint density at radius 3 is 2.15 bits per heavy atom. The molecule has 0 bridgehead atoms. The molecule has 146 valence electrons. The number of hydrogen-bond acceptors (Lipinski definition) is 6. The summed E-state index contributed by atoms with van der Waals surface area (Å²) >= 11 is 0. The highest BCUT2D eigenvalue weighted by Crippen LogP contribution is 2.26. The van der Waals surface area contributed by atoms with E-state index in [9.17, 15) is 23.3 Å². The van der Waals surface area contributed by atoms with E-state index in [-0.39, 0.29) is 11.3 Å². The summed E-state index contributed by atoms with van der Waals surface area (Å²) in [4.78, 5) is 22.7. The lowest BCUT2D eigenvalue weighted by Gasteiger charge is -2.34. The molecule has 0 spiro atoms. The molecule has 0 aliphatic carbocycles.